The van der Waals surface area contributed by atoms with E-state index in [0.29, 0.717) is 30.7 Å². The van der Waals surface area contributed by atoms with E-state index in [1.54, 1.807) is 22.7 Å². The average molecular weight is 533 g/mol. The Balaban J connectivity index is 1.51. The van der Waals surface area contributed by atoms with Crippen molar-refractivity contribution in [3.63, 3.8) is 0 Å². The van der Waals surface area contributed by atoms with Crippen LogP contribution in [-0.4, -0.2) is 46.6 Å². The maximum absolute atomic E-state index is 13.1. The van der Waals surface area contributed by atoms with Crippen molar-refractivity contribution in [3.8, 4) is 5.75 Å². The molecule has 11 nitrogen and oxygen atoms in total. The van der Waals surface area contributed by atoms with E-state index in [4.69, 9.17) is 9.47 Å². The summed E-state index contributed by atoms with van der Waals surface area (Å²) in [7, 11) is -3.33. The van der Waals surface area contributed by atoms with Crippen LogP contribution in [0.5, 0.6) is 5.75 Å². The highest BCUT2D eigenvalue weighted by atomic mass is 32.3. The van der Waals surface area contributed by atoms with Crippen molar-refractivity contribution in [2.75, 3.05) is 13.7 Å². The smallest absolute Gasteiger partial charge is 0.338 e. The molecular weight excluding hydrogens is 507 g/mol. The Bertz CT molecular complexity index is 1690. The Morgan fingerprint density at radius 1 is 1.05 bits per heavy atom. The van der Waals surface area contributed by atoms with Crippen molar-refractivity contribution >= 4 is 33.0 Å². The van der Waals surface area contributed by atoms with Crippen LogP contribution in [0.25, 0.3) is 16.8 Å². The fourth-order valence-corrected chi connectivity index (χ4v) is 4.44. The van der Waals surface area contributed by atoms with Gasteiger partial charge in [-0.25, -0.2) is 14.6 Å². The first-order valence-corrected chi connectivity index (χ1v) is 13.0. The number of aromatic nitrogens is 4. The van der Waals surface area contributed by atoms with Crippen LogP contribution in [0, 0.1) is 0 Å². The molecule has 0 aliphatic carbocycles. The van der Waals surface area contributed by atoms with Crippen LogP contribution in [-0.2, 0) is 28.0 Å². The van der Waals surface area contributed by atoms with Gasteiger partial charge in [0.15, 0.2) is 11.2 Å². The summed E-state index contributed by atoms with van der Waals surface area (Å²) in [4.78, 5) is 42.4. The number of carbonyl (C=O) groups is 1. The molecule has 37 heavy (non-hydrogen) atoms. The van der Waals surface area contributed by atoms with Crippen molar-refractivity contribution in [2.45, 2.75) is 44.2 Å². The Morgan fingerprint density at radius 3 is 2.43 bits per heavy atom. The molecule has 13 heteroatoms. The molecule has 0 aliphatic heterocycles. The second-order valence-electron chi connectivity index (χ2n) is 8.28. The van der Waals surface area contributed by atoms with E-state index in [2.05, 4.69) is 4.98 Å². The highest BCUT2D eigenvalue weighted by Gasteiger charge is 2.19. The number of carbonyl (C=O) groups excluding carboxylic acids is 1. The lowest BCUT2D eigenvalue weighted by Crippen LogP contribution is -2.40. The predicted octanol–water partition coefficient (Wildman–Crippen LogP) is 2.52. The summed E-state index contributed by atoms with van der Waals surface area (Å²) in [6.45, 7) is 2.41. The predicted molar refractivity (Wildman–Crippen MR) is 132 cm³/mol. The largest absolute Gasteiger partial charge is 0.497 e. The number of esters is 1. The number of pyridine rings is 1. The van der Waals surface area contributed by atoms with Gasteiger partial charge in [-0.05, 0) is 49.6 Å². The first kappa shape index (κ1) is 26.1. The number of benzene rings is 1. The van der Waals surface area contributed by atoms with Crippen LogP contribution in [0.15, 0.2) is 57.1 Å². The third kappa shape index (κ3) is 5.26. The zero-order valence-electron chi connectivity index (χ0n) is 20.2. The van der Waals surface area contributed by atoms with Gasteiger partial charge in [0.05, 0.1) is 24.2 Å². The minimum absolute atomic E-state index is 0.0385. The molecule has 0 atom stereocenters. The number of aryl methyl sites for hydroxylation is 1. The van der Waals surface area contributed by atoms with Crippen LogP contribution in [0.2, 0.25) is 0 Å². The first-order chi connectivity index (χ1) is 17.7. The van der Waals surface area contributed by atoms with Gasteiger partial charge < -0.3 is 9.47 Å². The fourth-order valence-electron chi connectivity index (χ4n) is 3.97. The van der Waals surface area contributed by atoms with Crippen molar-refractivity contribution in [1.29, 1.82) is 0 Å². The topological polar surface area (TPSA) is 131 Å². The molecule has 0 bridgehead atoms. The summed E-state index contributed by atoms with van der Waals surface area (Å²) in [5.41, 5.74) is 0.212. The number of unbranched alkanes of at least 4 members (excludes halogenated alkanes) is 1. The van der Waals surface area contributed by atoms with Crippen LogP contribution in [0.3, 0.4) is 0 Å². The Morgan fingerprint density at radius 2 is 1.78 bits per heavy atom. The van der Waals surface area contributed by atoms with Gasteiger partial charge in [0, 0.05) is 25.4 Å². The van der Waals surface area contributed by atoms with Crippen molar-refractivity contribution < 1.29 is 26.6 Å². The minimum atomic E-state index is -4.85. The molecule has 196 valence electrons. The van der Waals surface area contributed by atoms with Crippen LogP contribution >= 0.6 is 0 Å². The number of fused-ring (bicyclic) bond motifs is 3. The molecule has 3 heterocycles. The number of ether oxygens (including phenoxy) is 2. The van der Waals surface area contributed by atoms with E-state index >= 15 is 0 Å². The molecule has 4 aromatic rings. The molecule has 0 radical (unpaired) electrons. The van der Waals surface area contributed by atoms with E-state index < -0.39 is 32.3 Å². The van der Waals surface area contributed by atoms with Gasteiger partial charge in [-0.1, -0.05) is 6.92 Å². The Hall–Kier alpha value is -4.00. The van der Waals surface area contributed by atoms with Crippen LogP contribution < -0.4 is 16.0 Å². The third-order valence-corrected chi connectivity index (χ3v) is 6.64. The van der Waals surface area contributed by atoms with Crippen molar-refractivity contribution in [3.05, 3.63) is 69.0 Å². The number of halogens is 1. The quantitative estimate of drug-likeness (QED) is 0.173. The fraction of sp³-hybridized carbons (Fsp3) is 0.333. The Labute approximate surface area is 210 Å². The normalized spacial score (nSPS) is 11.8. The van der Waals surface area contributed by atoms with Gasteiger partial charge in [0.2, 0.25) is 0 Å². The maximum atomic E-state index is 13.1. The summed E-state index contributed by atoms with van der Waals surface area (Å²) in [5.74, 6) is -0.124. The van der Waals surface area contributed by atoms with Gasteiger partial charge in [0.1, 0.15) is 11.4 Å². The van der Waals surface area contributed by atoms with E-state index in [1.165, 1.54) is 28.4 Å². The second kappa shape index (κ2) is 10.5. The SMILES string of the molecule is CCCn1c(=O)c2c(nc3cc(OC)ccn32)n(CCCCOC(=O)c2ccc(S(=O)(=O)F)cc2)c1=O. The average Bonchev–Trinajstić information content (AvgIpc) is 3.26. The van der Waals surface area contributed by atoms with Crippen LogP contribution in [0.1, 0.15) is 36.5 Å². The van der Waals surface area contributed by atoms with Gasteiger partial charge in [-0.3, -0.25) is 18.3 Å². The molecule has 0 amide bonds. The van der Waals surface area contributed by atoms with E-state index in [9.17, 15) is 26.7 Å². The maximum Gasteiger partial charge on any atom is 0.338 e. The third-order valence-electron chi connectivity index (χ3n) is 5.81. The minimum Gasteiger partial charge on any atom is -0.497 e. The lowest BCUT2D eigenvalue weighted by molar-refractivity contribution is 0.0497. The standard InChI is InChI=1S/C24H25FN4O7S/c1-3-11-29-22(30)20-21(26-19-15-17(35-2)10-13-27(19)20)28(24(29)32)12-4-5-14-36-23(31)16-6-8-18(9-7-16)37(25,33)34/h6-10,13,15H,3-5,11-12,14H2,1-2H3. The molecule has 4 rings (SSSR count). The monoisotopic (exact) mass is 532 g/mol. The summed E-state index contributed by atoms with van der Waals surface area (Å²) in [5, 5.41) is 0. The molecule has 0 spiro atoms. The van der Waals surface area contributed by atoms with Crippen LogP contribution in [0.4, 0.5) is 3.89 Å². The summed E-state index contributed by atoms with van der Waals surface area (Å²) >= 11 is 0. The summed E-state index contributed by atoms with van der Waals surface area (Å²) in [6, 6.07) is 7.68. The molecule has 1 aromatic carbocycles. The Kier molecular flexibility index (Phi) is 7.43. The molecule has 0 fully saturated rings. The lowest BCUT2D eigenvalue weighted by atomic mass is 10.2. The number of hydrogen-bond acceptors (Lipinski definition) is 8. The molecule has 0 N–H and O–H groups in total. The van der Waals surface area contributed by atoms with E-state index in [-0.39, 0.29) is 36.4 Å². The van der Waals surface area contributed by atoms with Gasteiger partial charge >= 0.3 is 21.9 Å². The zero-order chi connectivity index (χ0) is 26.7. The zero-order valence-corrected chi connectivity index (χ0v) is 21.0. The molecular formula is C24H25FN4O7S. The number of hydrogen-bond donors (Lipinski definition) is 0. The number of methoxy groups -OCH3 is 1. The number of imidazole rings is 1. The highest BCUT2D eigenvalue weighted by Crippen LogP contribution is 2.18. The number of nitrogens with zero attached hydrogens (tertiary/aromatic N) is 4. The molecule has 0 saturated carbocycles. The molecule has 0 unspecified atom stereocenters. The molecule has 0 saturated heterocycles. The highest BCUT2D eigenvalue weighted by molar-refractivity contribution is 7.86. The van der Waals surface area contributed by atoms with Gasteiger partial charge in [0.25, 0.3) is 5.56 Å². The van der Waals surface area contributed by atoms with E-state index in [1.807, 2.05) is 6.92 Å². The summed E-state index contributed by atoms with van der Waals surface area (Å²) < 4.78 is 49.5. The van der Waals surface area contributed by atoms with Gasteiger partial charge in [-0.15, -0.1) is 3.89 Å². The van der Waals surface area contributed by atoms with Gasteiger partial charge in [-0.2, -0.15) is 8.42 Å². The van der Waals surface area contributed by atoms with Crippen molar-refractivity contribution in [2.24, 2.45) is 0 Å². The van der Waals surface area contributed by atoms with E-state index in [0.717, 1.165) is 12.1 Å². The molecule has 0 aliphatic rings. The second-order valence-corrected chi connectivity index (χ2v) is 9.62. The number of rotatable bonds is 10. The summed E-state index contributed by atoms with van der Waals surface area (Å²) in [6.07, 6.45) is 3.12. The first-order valence-electron chi connectivity index (χ1n) is 11.6. The van der Waals surface area contributed by atoms with Crippen molar-refractivity contribution in [1.82, 2.24) is 18.5 Å². The molecule has 3 aromatic heterocycles. The lowest BCUT2D eigenvalue weighted by Gasteiger charge is -2.11.